The molecule has 0 spiro atoms. The molecule has 4 rings (SSSR count). The maximum atomic E-state index is 3.51. The Labute approximate surface area is 157 Å². The van der Waals surface area contributed by atoms with E-state index in [0.29, 0.717) is 6.04 Å². The van der Waals surface area contributed by atoms with E-state index in [1.807, 2.05) is 0 Å². The molecule has 0 unspecified atom stereocenters. The van der Waals surface area contributed by atoms with E-state index in [0.717, 1.165) is 19.0 Å². The number of fused-ring (bicyclic) bond motifs is 1. The van der Waals surface area contributed by atoms with E-state index in [-0.39, 0.29) is 24.8 Å². The number of rotatable bonds is 3. The topological polar surface area (TPSA) is 31.1 Å². The van der Waals surface area contributed by atoms with Gasteiger partial charge in [0.25, 0.3) is 0 Å². The fourth-order valence-electron chi connectivity index (χ4n) is 4.50. The largest absolute Gasteiger partial charge is 0.361 e. The van der Waals surface area contributed by atoms with Gasteiger partial charge in [-0.25, -0.2) is 0 Å². The van der Waals surface area contributed by atoms with Crippen molar-refractivity contribution >= 4 is 35.7 Å². The van der Waals surface area contributed by atoms with Crippen LogP contribution in [0.3, 0.4) is 0 Å². The number of benzene rings is 1. The molecule has 2 fully saturated rings. The summed E-state index contributed by atoms with van der Waals surface area (Å²) >= 11 is 0. The second-order valence-corrected chi connectivity index (χ2v) is 6.92. The zero-order valence-electron chi connectivity index (χ0n) is 14.2. The number of piperazine rings is 1. The molecule has 1 aliphatic carbocycles. The Kier molecular flexibility index (Phi) is 7.42. The van der Waals surface area contributed by atoms with E-state index >= 15 is 0 Å². The average molecular weight is 370 g/mol. The average Bonchev–Trinajstić information content (AvgIpc) is 3.01. The van der Waals surface area contributed by atoms with E-state index in [2.05, 4.69) is 45.7 Å². The maximum absolute atomic E-state index is 3.51. The minimum absolute atomic E-state index is 0. The van der Waals surface area contributed by atoms with Gasteiger partial charge in [-0.2, -0.15) is 0 Å². The zero-order chi connectivity index (χ0) is 14.8. The van der Waals surface area contributed by atoms with Gasteiger partial charge in [0.05, 0.1) is 0 Å². The van der Waals surface area contributed by atoms with Crippen LogP contribution in [0.1, 0.15) is 43.7 Å². The number of para-hydroxylation sites is 1. The molecule has 24 heavy (non-hydrogen) atoms. The molecule has 2 N–H and O–H groups in total. The molecule has 1 aromatic carbocycles. The highest BCUT2D eigenvalue weighted by atomic mass is 35.5. The van der Waals surface area contributed by atoms with Crippen LogP contribution in [0, 0.1) is 5.92 Å². The standard InChI is InChI=1S/C19H27N3.2ClH/c1-2-6-15(7-3-1)19(22-12-10-20-11-13-22)17-14-21-18-9-5-4-8-16(17)18;;/h4-5,8-9,14-15,19-21H,1-3,6-7,10-13H2;2*1H/t19-;;/m0../s1. The van der Waals surface area contributed by atoms with Crippen LogP contribution in [0.2, 0.25) is 0 Å². The summed E-state index contributed by atoms with van der Waals surface area (Å²) in [6.07, 6.45) is 9.33. The van der Waals surface area contributed by atoms with Gasteiger partial charge in [0.15, 0.2) is 0 Å². The molecule has 0 bridgehead atoms. The van der Waals surface area contributed by atoms with Gasteiger partial charge in [-0.15, -0.1) is 24.8 Å². The molecule has 5 heteroatoms. The molecule has 1 saturated carbocycles. The third kappa shape index (κ3) is 3.91. The highest BCUT2D eigenvalue weighted by molar-refractivity contribution is 5.85. The maximum Gasteiger partial charge on any atom is 0.0457 e. The van der Waals surface area contributed by atoms with E-state index in [9.17, 15) is 0 Å². The lowest BCUT2D eigenvalue weighted by Crippen LogP contribution is -2.47. The smallest absolute Gasteiger partial charge is 0.0457 e. The Hall–Kier alpha value is -0.740. The van der Waals surface area contributed by atoms with E-state index in [1.165, 1.54) is 61.7 Å². The first-order valence-electron chi connectivity index (χ1n) is 8.94. The van der Waals surface area contributed by atoms with Crippen LogP contribution < -0.4 is 5.32 Å². The number of hydrogen-bond acceptors (Lipinski definition) is 2. The summed E-state index contributed by atoms with van der Waals surface area (Å²) in [6.45, 7) is 4.62. The quantitative estimate of drug-likeness (QED) is 0.831. The summed E-state index contributed by atoms with van der Waals surface area (Å²) in [6, 6.07) is 9.39. The van der Waals surface area contributed by atoms with E-state index < -0.39 is 0 Å². The first-order valence-corrected chi connectivity index (χ1v) is 8.94. The molecule has 1 aliphatic heterocycles. The molecule has 2 aliphatic rings. The molecular weight excluding hydrogens is 341 g/mol. The van der Waals surface area contributed by atoms with Crippen LogP contribution in [0.15, 0.2) is 30.5 Å². The molecular formula is C19H29Cl2N3. The molecule has 134 valence electrons. The molecule has 1 aromatic heterocycles. The normalized spacial score (nSPS) is 21.0. The molecule has 2 aromatic rings. The second-order valence-electron chi connectivity index (χ2n) is 6.92. The molecule has 1 atom stereocenters. The highest BCUT2D eigenvalue weighted by Gasteiger charge is 2.32. The molecule has 0 radical (unpaired) electrons. The van der Waals surface area contributed by atoms with Crippen molar-refractivity contribution in [3.63, 3.8) is 0 Å². The second kappa shape index (κ2) is 9.10. The van der Waals surface area contributed by atoms with Crippen LogP contribution in [-0.2, 0) is 0 Å². The third-order valence-electron chi connectivity index (χ3n) is 5.58. The Morgan fingerprint density at radius 1 is 0.958 bits per heavy atom. The summed E-state index contributed by atoms with van der Waals surface area (Å²) in [5, 5.41) is 4.93. The van der Waals surface area contributed by atoms with Gasteiger partial charge in [0.2, 0.25) is 0 Å². The van der Waals surface area contributed by atoms with Gasteiger partial charge in [0, 0.05) is 49.3 Å². The fraction of sp³-hybridized carbons (Fsp3) is 0.579. The molecule has 1 saturated heterocycles. The minimum atomic E-state index is 0. The zero-order valence-corrected chi connectivity index (χ0v) is 15.8. The summed E-state index contributed by atoms with van der Waals surface area (Å²) in [4.78, 5) is 6.24. The van der Waals surface area contributed by atoms with Gasteiger partial charge in [-0.1, -0.05) is 37.5 Å². The number of halogens is 2. The van der Waals surface area contributed by atoms with Crippen molar-refractivity contribution < 1.29 is 0 Å². The van der Waals surface area contributed by atoms with Crippen molar-refractivity contribution in [1.29, 1.82) is 0 Å². The van der Waals surface area contributed by atoms with Gasteiger partial charge in [-0.05, 0) is 30.4 Å². The Balaban J connectivity index is 0.00000104. The lowest BCUT2D eigenvalue weighted by molar-refractivity contribution is 0.104. The Morgan fingerprint density at radius 2 is 1.67 bits per heavy atom. The van der Waals surface area contributed by atoms with Crippen molar-refractivity contribution in [2.75, 3.05) is 26.2 Å². The summed E-state index contributed by atoms with van der Waals surface area (Å²) < 4.78 is 0. The molecule has 3 nitrogen and oxygen atoms in total. The van der Waals surface area contributed by atoms with Crippen molar-refractivity contribution in [3.05, 3.63) is 36.0 Å². The SMILES string of the molecule is Cl.Cl.c1ccc2c([C@H](C3CCCCC3)N3CCNCC3)c[nH]c2c1. The number of nitrogens with one attached hydrogen (secondary N) is 2. The number of nitrogens with zero attached hydrogens (tertiary/aromatic N) is 1. The third-order valence-corrected chi connectivity index (χ3v) is 5.58. The summed E-state index contributed by atoms with van der Waals surface area (Å²) in [5.41, 5.74) is 2.82. The van der Waals surface area contributed by atoms with E-state index in [4.69, 9.17) is 0 Å². The first-order chi connectivity index (χ1) is 10.9. The first kappa shape index (κ1) is 19.6. The van der Waals surface area contributed by atoms with Crippen LogP contribution in [0.5, 0.6) is 0 Å². The van der Waals surface area contributed by atoms with Crippen molar-refractivity contribution in [2.45, 2.75) is 38.1 Å². The van der Waals surface area contributed by atoms with E-state index in [1.54, 1.807) is 0 Å². The predicted molar refractivity (Wildman–Crippen MR) is 107 cm³/mol. The highest BCUT2D eigenvalue weighted by Crippen LogP contribution is 2.40. The molecule has 0 amide bonds. The predicted octanol–water partition coefficient (Wildman–Crippen LogP) is 4.54. The van der Waals surface area contributed by atoms with Gasteiger partial charge < -0.3 is 10.3 Å². The molecule has 2 heterocycles. The minimum Gasteiger partial charge on any atom is -0.361 e. The van der Waals surface area contributed by atoms with Crippen LogP contribution in [0.25, 0.3) is 10.9 Å². The van der Waals surface area contributed by atoms with Gasteiger partial charge >= 0.3 is 0 Å². The van der Waals surface area contributed by atoms with Crippen molar-refractivity contribution in [1.82, 2.24) is 15.2 Å². The summed E-state index contributed by atoms with van der Waals surface area (Å²) in [7, 11) is 0. The number of hydrogen-bond donors (Lipinski definition) is 2. The summed E-state index contributed by atoms with van der Waals surface area (Å²) in [5.74, 6) is 0.825. The van der Waals surface area contributed by atoms with Gasteiger partial charge in [0.1, 0.15) is 0 Å². The van der Waals surface area contributed by atoms with Gasteiger partial charge in [-0.3, -0.25) is 4.90 Å². The Morgan fingerprint density at radius 3 is 2.42 bits per heavy atom. The van der Waals surface area contributed by atoms with Crippen molar-refractivity contribution in [3.8, 4) is 0 Å². The number of aromatic amines is 1. The van der Waals surface area contributed by atoms with Crippen LogP contribution in [0.4, 0.5) is 0 Å². The number of H-pyrrole nitrogens is 1. The van der Waals surface area contributed by atoms with Crippen LogP contribution >= 0.6 is 24.8 Å². The van der Waals surface area contributed by atoms with Crippen LogP contribution in [-0.4, -0.2) is 36.1 Å². The monoisotopic (exact) mass is 369 g/mol. The Bertz CT molecular complexity index is 598. The van der Waals surface area contributed by atoms with Crippen molar-refractivity contribution in [2.24, 2.45) is 5.92 Å². The fourth-order valence-corrected chi connectivity index (χ4v) is 4.50. The lowest BCUT2D eigenvalue weighted by atomic mass is 9.80. The number of aromatic nitrogens is 1. The lowest BCUT2D eigenvalue weighted by Gasteiger charge is -2.41.